The van der Waals surface area contributed by atoms with Crippen molar-refractivity contribution in [3.63, 3.8) is 0 Å². The molecule has 1 aliphatic heterocycles. The average Bonchev–Trinajstić information content (AvgIpc) is 3.15. The van der Waals surface area contributed by atoms with Crippen LogP contribution in [0.5, 0.6) is 0 Å². The third-order valence-electron chi connectivity index (χ3n) is 4.24. The molecule has 0 aromatic carbocycles. The lowest BCUT2D eigenvalue weighted by Crippen LogP contribution is -2.59. The maximum absolute atomic E-state index is 12.6. The highest BCUT2D eigenvalue weighted by Crippen LogP contribution is 2.08. The van der Waals surface area contributed by atoms with E-state index in [1.54, 1.807) is 13.8 Å². The zero-order valence-electron chi connectivity index (χ0n) is 15.4. The van der Waals surface area contributed by atoms with Gasteiger partial charge in [-0.15, -0.1) is 0 Å². The Kier molecular flexibility index (Phi) is 9.95. The zero-order chi connectivity index (χ0) is 20.6. The fourth-order valence-electron chi connectivity index (χ4n) is 2.61. The number of carbonyl (C=O) groups excluding carboxylic acids is 3. The number of hydrogen-bond donors (Lipinski definition) is 7. The lowest BCUT2D eigenvalue weighted by molar-refractivity contribution is -0.141. The number of carboxylic acid groups (broad SMARTS) is 1. The Morgan fingerprint density at radius 2 is 1.63 bits per heavy atom. The van der Waals surface area contributed by atoms with E-state index >= 15 is 0 Å². The number of thiol groups is 2. The summed E-state index contributed by atoms with van der Waals surface area (Å²) in [4.78, 5) is 48.2. The highest BCUT2D eigenvalue weighted by Gasteiger charge is 2.32. The van der Waals surface area contributed by atoms with Crippen molar-refractivity contribution in [2.75, 3.05) is 18.1 Å². The van der Waals surface area contributed by atoms with Gasteiger partial charge in [-0.25, -0.2) is 4.79 Å². The highest BCUT2D eigenvalue weighted by molar-refractivity contribution is 7.80. The molecule has 0 saturated carbocycles. The van der Waals surface area contributed by atoms with Crippen molar-refractivity contribution >= 4 is 48.9 Å². The lowest BCUT2D eigenvalue weighted by atomic mass is 10.0. The monoisotopic (exact) mass is 420 g/mol. The van der Waals surface area contributed by atoms with Crippen molar-refractivity contribution in [2.24, 2.45) is 5.92 Å². The summed E-state index contributed by atoms with van der Waals surface area (Å²) in [6.45, 7) is 4.32. The largest absolute Gasteiger partial charge is 0.480 e. The molecule has 1 aliphatic rings. The lowest BCUT2D eigenvalue weighted by Gasteiger charge is -2.26. The first kappa shape index (κ1) is 23.6. The molecular formula is C16H28N4O5S2. The molecule has 5 N–H and O–H groups in total. The van der Waals surface area contributed by atoms with Crippen molar-refractivity contribution < 1.29 is 24.3 Å². The van der Waals surface area contributed by atoms with Gasteiger partial charge in [-0.05, 0) is 25.3 Å². The number of rotatable bonds is 10. The normalized spacial score (nSPS) is 19.8. The van der Waals surface area contributed by atoms with Gasteiger partial charge in [0, 0.05) is 11.5 Å². The first-order valence-electron chi connectivity index (χ1n) is 8.80. The maximum Gasteiger partial charge on any atom is 0.327 e. The second-order valence-electron chi connectivity index (χ2n) is 6.70. The van der Waals surface area contributed by atoms with Crippen molar-refractivity contribution in [3.8, 4) is 0 Å². The summed E-state index contributed by atoms with van der Waals surface area (Å²) in [5.74, 6) is -3.00. The number of carboxylic acids is 1. The van der Waals surface area contributed by atoms with Crippen LogP contribution in [0.1, 0.15) is 26.7 Å². The predicted molar refractivity (Wildman–Crippen MR) is 107 cm³/mol. The van der Waals surface area contributed by atoms with Gasteiger partial charge in [-0.2, -0.15) is 25.3 Å². The first-order chi connectivity index (χ1) is 12.7. The summed E-state index contributed by atoms with van der Waals surface area (Å²) < 4.78 is 0. The van der Waals surface area contributed by atoms with Gasteiger partial charge in [-0.1, -0.05) is 13.8 Å². The number of aliphatic carboxylic acids is 1. The summed E-state index contributed by atoms with van der Waals surface area (Å²) in [6.07, 6.45) is 1.61. The average molecular weight is 421 g/mol. The van der Waals surface area contributed by atoms with E-state index in [0.29, 0.717) is 6.42 Å². The summed E-state index contributed by atoms with van der Waals surface area (Å²) in [6, 6.07) is -3.36. The molecule has 1 heterocycles. The topological polar surface area (TPSA) is 137 Å². The van der Waals surface area contributed by atoms with Crippen LogP contribution in [0.15, 0.2) is 0 Å². The molecule has 0 aliphatic carbocycles. The molecule has 1 rings (SSSR count). The molecule has 11 heteroatoms. The van der Waals surface area contributed by atoms with Crippen LogP contribution >= 0.6 is 25.3 Å². The number of hydrogen-bond acceptors (Lipinski definition) is 7. The Morgan fingerprint density at radius 1 is 1.04 bits per heavy atom. The van der Waals surface area contributed by atoms with E-state index in [4.69, 9.17) is 5.11 Å². The van der Waals surface area contributed by atoms with Crippen LogP contribution in [-0.4, -0.2) is 71.0 Å². The van der Waals surface area contributed by atoms with Crippen LogP contribution in [0, 0.1) is 5.92 Å². The van der Waals surface area contributed by atoms with Crippen LogP contribution in [0.3, 0.4) is 0 Å². The van der Waals surface area contributed by atoms with Crippen molar-refractivity contribution in [1.29, 1.82) is 0 Å². The van der Waals surface area contributed by atoms with Gasteiger partial charge in [-0.3, -0.25) is 14.4 Å². The standard InChI is InChI=1S/C16H28N4O5S2/c1-8(2)12(20-13(21)9-4-3-5-17-9)15(23)18-10(6-26)14(22)19-11(7-27)16(24)25/h8-12,17,26-27H,3-7H2,1-2H3,(H,18,23)(H,19,22)(H,20,21)(H,24,25). The van der Waals surface area contributed by atoms with E-state index in [-0.39, 0.29) is 29.4 Å². The van der Waals surface area contributed by atoms with E-state index in [1.807, 2.05) is 0 Å². The third kappa shape index (κ3) is 7.23. The Labute approximate surface area is 169 Å². The molecule has 0 radical (unpaired) electrons. The van der Waals surface area contributed by atoms with Crippen LogP contribution in [0.2, 0.25) is 0 Å². The quantitative estimate of drug-likeness (QED) is 0.222. The van der Waals surface area contributed by atoms with Gasteiger partial charge in [0.25, 0.3) is 0 Å². The molecule has 1 saturated heterocycles. The first-order valence-corrected chi connectivity index (χ1v) is 10.1. The fraction of sp³-hybridized carbons (Fsp3) is 0.750. The van der Waals surface area contributed by atoms with E-state index in [2.05, 4.69) is 46.5 Å². The second-order valence-corrected chi connectivity index (χ2v) is 7.44. The van der Waals surface area contributed by atoms with Crippen LogP contribution in [-0.2, 0) is 19.2 Å². The highest BCUT2D eigenvalue weighted by atomic mass is 32.1. The van der Waals surface area contributed by atoms with Gasteiger partial charge < -0.3 is 26.4 Å². The molecule has 1 fully saturated rings. The smallest absolute Gasteiger partial charge is 0.327 e. The molecule has 3 amide bonds. The fourth-order valence-corrected chi connectivity index (χ4v) is 3.12. The summed E-state index contributed by atoms with van der Waals surface area (Å²) >= 11 is 7.94. The SMILES string of the molecule is CC(C)C(NC(=O)C1CCCN1)C(=O)NC(CS)C(=O)NC(CS)C(=O)O. The number of carbonyl (C=O) groups is 4. The molecule has 9 nitrogen and oxygen atoms in total. The minimum absolute atomic E-state index is 0.0283. The van der Waals surface area contributed by atoms with Gasteiger partial charge in [0.1, 0.15) is 18.1 Å². The Bertz CT molecular complexity index is 555. The molecule has 4 atom stereocenters. The Hall–Kier alpha value is -1.46. The van der Waals surface area contributed by atoms with Crippen LogP contribution in [0.25, 0.3) is 0 Å². The number of amides is 3. The van der Waals surface area contributed by atoms with Gasteiger partial charge in [0.15, 0.2) is 0 Å². The molecule has 0 aromatic rings. The van der Waals surface area contributed by atoms with Crippen molar-refractivity contribution in [2.45, 2.75) is 50.9 Å². The van der Waals surface area contributed by atoms with Gasteiger partial charge in [0.05, 0.1) is 6.04 Å². The number of nitrogens with one attached hydrogen (secondary N) is 4. The molecule has 4 unspecified atom stereocenters. The summed E-state index contributed by atoms with van der Waals surface area (Å²) in [5.41, 5.74) is 0. The minimum Gasteiger partial charge on any atom is -0.480 e. The minimum atomic E-state index is -1.22. The molecule has 0 aromatic heterocycles. The molecule has 0 bridgehead atoms. The Morgan fingerprint density at radius 3 is 2.07 bits per heavy atom. The van der Waals surface area contributed by atoms with Crippen molar-refractivity contribution in [1.82, 2.24) is 21.3 Å². The van der Waals surface area contributed by atoms with E-state index in [9.17, 15) is 19.2 Å². The van der Waals surface area contributed by atoms with Gasteiger partial charge in [0.2, 0.25) is 17.7 Å². The van der Waals surface area contributed by atoms with Crippen LogP contribution in [0.4, 0.5) is 0 Å². The summed E-state index contributed by atoms with van der Waals surface area (Å²) in [5, 5.41) is 19.6. The zero-order valence-corrected chi connectivity index (χ0v) is 17.2. The molecule has 0 spiro atoms. The second kappa shape index (κ2) is 11.4. The molecular weight excluding hydrogens is 392 g/mol. The predicted octanol–water partition coefficient (Wildman–Crippen LogP) is -1.21. The molecule has 154 valence electrons. The van der Waals surface area contributed by atoms with Crippen LogP contribution < -0.4 is 21.3 Å². The van der Waals surface area contributed by atoms with E-state index in [0.717, 1.165) is 13.0 Å². The third-order valence-corrected chi connectivity index (χ3v) is 4.97. The van der Waals surface area contributed by atoms with E-state index < -0.39 is 35.9 Å². The Balaban J connectivity index is 2.72. The maximum atomic E-state index is 12.6. The van der Waals surface area contributed by atoms with Gasteiger partial charge >= 0.3 is 5.97 Å². The van der Waals surface area contributed by atoms with E-state index in [1.165, 1.54) is 0 Å². The summed E-state index contributed by atoms with van der Waals surface area (Å²) in [7, 11) is 0. The molecule has 27 heavy (non-hydrogen) atoms. The van der Waals surface area contributed by atoms with Crippen molar-refractivity contribution in [3.05, 3.63) is 0 Å².